The molecule has 12 heteroatoms. The maximum absolute atomic E-state index is 12.6. The molecular weight excluding hydrogens is 476 g/mol. The van der Waals surface area contributed by atoms with Crippen LogP contribution in [-0.4, -0.2) is 49.5 Å². The number of nitrogens with zero attached hydrogens (tertiary/aromatic N) is 4. The Morgan fingerprint density at radius 1 is 1.05 bits per heavy atom. The Bertz CT molecular complexity index is 1490. The molecule has 0 atom stereocenters. The van der Waals surface area contributed by atoms with Crippen LogP contribution in [0, 0.1) is 6.92 Å². The fraction of sp³-hybridized carbons (Fsp3) is 0.160. The Labute approximate surface area is 210 Å². The number of hydrogen-bond acceptors (Lipinski definition) is 8. The molecule has 1 aliphatic heterocycles. The lowest BCUT2D eigenvalue weighted by atomic mass is 10.0. The number of aromatic nitrogens is 5. The van der Waals surface area contributed by atoms with E-state index < -0.39 is 5.91 Å². The van der Waals surface area contributed by atoms with Gasteiger partial charge >= 0.3 is 0 Å². The number of anilines is 2. The predicted octanol–water partition coefficient (Wildman–Crippen LogP) is 2.01. The van der Waals surface area contributed by atoms with Crippen LogP contribution in [0.3, 0.4) is 0 Å². The maximum Gasteiger partial charge on any atom is 0.270 e. The van der Waals surface area contributed by atoms with Crippen LogP contribution in [0.1, 0.15) is 27.2 Å². The number of carbonyl (C=O) groups is 3. The molecule has 4 aromatic rings. The van der Waals surface area contributed by atoms with Crippen LogP contribution in [0.25, 0.3) is 11.4 Å². The Morgan fingerprint density at radius 2 is 1.95 bits per heavy atom. The minimum absolute atomic E-state index is 0.0226. The average molecular weight is 499 g/mol. The van der Waals surface area contributed by atoms with E-state index in [1.165, 1.54) is 18.7 Å². The first-order valence-corrected chi connectivity index (χ1v) is 11.4. The van der Waals surface area contributed by atoms with Crippen LogP contribution in [0.4, 0.5) is 11.5 Å². The molecule has 3 heterocycles. The van der Waals surface area contributed by atoms with E-state index in [-0.39, 0.29) is 42.9 Å². The third-order valence-electron chi connectivity index (χ3n) is 5.68. The summed E-state index contributed by atoms with van der Waals surface area (Å²) >= 11 is 0. The molecule has 2 aromatic carbocycles. The standard InChI is InChI=1S/C25H22N8O4/c1-14-6-17(24-29-13-30-33-24)4-3-16(14)8-22(34)32-21-9-19(27-12-28-21)25(36)26-10-15-2-5-20-18(7-15)31-23(35)11-37-20/h2-7,9,12-13H,8,10-11H2,1H3,(H,26,36)(H,31,35)(H,29,30,33)(H,27,28,32,34). The summed E-state index contributed by atoms with van der Waals surface area (Å²) in [5.41, 5.74) is 4.08. The number of H-pyrrole nitrogens is 1. The number of aryl methyl sites for hydroxylation is 1. The summed E-state index contributed by atoms with van der Waals surface area (Å²) < 4.78 is 5.34. The smallest absolute Gasteiger partial charge is 0.270 e. The van der Waals surface area contributed by atoms with Crippen molar-refractivity contribution in [2.24, 2.45) is 0 Å². The second-order valence-corrected chi connectivity index (χ2v) is 8.34. The van der Waals surface area contributed by atoms with E-state index >= 15 is 0 Å². The molecule has 4 N–H and O–H groups in total. The minimum atomic E-state index is -0.435. The van der Waals surface area contributed by atoms with Crippen molar-refractivity contribution in [1.29, 1.82) is 0 Å². The first kappa shape index (κ1) is 23.6. The highest BCUT2D eigenvalue weighted by Gasteiger charge is 2.17. The number of carbonyl (C=O) groups excluding carboxylic acids is 3. The van der Waals surface area contributed by atoms with Gasteiger partial charge in [-0.15, -0.1) is 0 Å². The molecule has 0 saturated carbocycles. The van der Waals surface area contributed by atoms with Crippen molar-refractivity contribution in [3.8, 4) is 17.1 Å². The SMILES string of the molecule is Cc1cc(-c2ncn[nH]2)ccc1CC(=O)Nc1cc(C(=O)NCc2ccc3c(c2)NC(=O)CO3)ncn1. The molecule has 0 saturated heterocycles. The van der Waals surface area contributed by atoms with Crippen molar-refractivity contribution >= 4 is 29.2 Å². The van der Waals surface area contributed by atoms with Gasteiger partial charge in [-0.1, -0.05) is 18.2 Å². The number of amides is 3. The second kappa shape index (κ2) is 10.2. The summed E-state index contributed by atoms with van der Waals surface area (Å²) in [5.74, 6) is 0.497. The second-order valence-electron chi connectivity index (χ2n) is 8.34. The third-order valence-corrected chi connectivity index (χ3v) is 5.68. The van der Waals surface area contributed by atoms with Crippen LogP contribution in [0.2, 0.25) is 0 Å². The summed E-state index contributed by atoms with van der Waals surface area (Å²) in [5, 5.41) is 14.9. The van der Waals surface area contributed by atoms with E-state index in [1.807, 2.05) is 25.1 Å². The summed E-state index contributed by atoms with van der Waals surface area (Å²) in [6.45, 7) is 2.10. The zero-order valence-corrected chi connectivity index (χ0v) is 19.7. The van der Waals surface area contributed by atoms with Gasteiger partial charge in [-0.05, 0) is 41.8 Å². The number of fused-ring (bicyclic) bond motifs is 1. The fourth-order valence-electron chi connectivity index (χ4n) is 3.81. The molecule has 0 unspecified atom stereocenters. The monoisotopic (exact) mass is 498 g/mol. The van der Waals surface area contributed by atoms with Crippen molar-refractivity contribution < 1.29 is 19.1 Å². The summed E-state index contributed by atoms with van der Waals surface area (Å²) in [6.07, 6.45) is 2.78. The largest absolute Gasteiger partial charge is 0.482 e. The van der Waals surface area contributed by atoms with Gasteiger partial charge in [0, 0.05) is 18.2 Å². The maximum atomic E-state index is 12.6. The van der Waals surface area contributed by atoms with Gasteiger partial charge in [0.15, 0.2) is 12.4 Å². The zero-order valence-electron chi connectivity index (χ0n) is 19.7. The third kappa shape index (κ3) is 5.59. The van der Waals surface area contributed by atoms with Crippen molar-refractivity contribution in [3.05, 3.63) is 77.5 Å². The summed E-state index contributed by atoms with van der Waals surface area (Å²) in [7, 11) is 0. The number of ether oxygens (including phenoxy) is 1. The minimum Gasteiger partial charge on any atom is -0.482 e. The van der Waals surface area contributed by atoms with Gasteiger partial charge < -0.3 is 20.7 Å². The van der Waals surface area contributed by atoms with Crippen molar-refractivity contribution in [3.63, 3.8) is 0 Å². The Balaban J connectivity index is 1.18. The van der Waals surface area contributed by atoms with E-state index in [1.54, 1.807) is 18.2 Å². The molecule has 0 radical (unpaired) electrons. The molecule has 0 spiro atoms. The molecule has 0 bridgehead atoms. The van der Waals surface area contributed by atoms with Crippen molar-refractivity contribution in [1.82, 2.24) is 30.5 Å². The van der Waals surface area contributed by atoms with E-state index in [2.05, 4.69) is 41.1 Å². The lowest BCUT2D eigenvalue weighted by Crippen LogP contribution is -2.26. The average Bonchev–Trinajstić information content (AvgIpc) is 3.43. The number of benzene rings is 2. The van der Waals surface area contributed by atoms with Gasteiger partial charge in [-0.3, -0.25) is 19.5 Å². The number of rotatable bonds is 7. The molecule has 186 valence electrons. The first-order valence-electron chi connectivity index (χ1n) is 11.4. The van der Waals surface area contributed by atoms with Gasteiger partial charge in [-0.25, -0.2) is 15.0 Å². The van der Waals surface area contributed by atoms with Crippen LogP contribution in [0.15, 0.2) is 55.1 Å². The van der Waals surface area contributed by atoms with Gasteiger partial charge in [0.2, 0.25) is 5.91 Å². The molecule has 12 nitrogen and oxygen atoms in total. The number of aromatic amines is 1. The van der Waals surface area contributed by atoms with E-state index in [0.29, 0.717) is 17.3 Å². The van der Waals surface area contributed by atoms with Crippen LogP contribution in [-0.2, 0) is 22.6 Å². The zero-order chi connectivity index (χ0) is 25.8. The predicted molar refractivity (Wildman–Crippen MR) is 133 cm³/mol. The molecule has 3 amide bonds. The molecular formula is C25H22N8O4. The molecule has 0 fully saturated rings. The lowest BCUT2D eigenvalue weighted by molar-refractivity contribution is -0.118. The van der Waals surface area contributed by atoms with Crippen LogP contribution < -0.4 is 20.7 Å². The quantitative estimate of drug-likeness (QED) is 0.301. The summed E-state index contributed by atoms with van der Waals surface area (Å²) in [6, 6.07) is 12.3. The Morgan fingerprint density at radius 3 is 2.76 bits per heavy atom. The van der Waals surface area contributed by atoms with Gasteiger partial charge in [0.1, 0.15) is 29.9 Å². The molecule has 37 heavy (non-hydrogen) atoms. The molecule has 0 aliphatic carbocycles. The lowest BCUT2D eigenvalue weighted by Gasteiger charge is -2.18. The Kier molecular flexibility index (Phi) is 6.53. The number of hydrogen-bond donors (Lipinski definition) is 4. The molecule has 5 rings (SSSR count). The number of nitrogens with one attached hydrogen (secondary N) is 4. The van der Waals surface area contributed by atoms with Crippen molar-refractivity contribution in [2.75, 3.05) is 17.2 Å². The molecule has 1 aliphatic rings. The van der Waals surface area contributed by atoms with E-state index in [4.69, 9.17) is 4.74 Å². The van der Waals surface area contributed by atoms with E-state index in [0.717, 1.165) is 22.3 Å². The van der Waals surface area contributed by atoms with Crippen LogP contribution >= 0.6 is 0 Å². The van der Waals surface area contributed by atoms with E-state index in [9.17, 15) is 14.4 Å². The Hall–Kier alpha value is -5.13. The fourth-order valence-corrected chi connectivity index (χ4v) is 3.81. The van der Waals surface area contributed by atoms with Gasteiger partial charge in [-0.2, -0.15) is 5.10 Å². The highest BCUT2D eigenvalue weighted by molar-refractivity contribution is 5.96. The normalized spacial score (nSPS) is 12.2. The van der Waals surface area contributed by atoms with Crippen molar-refractivity contribution in [2.45, 2.75) is 19.9 Å². The highest BCUT2D eigenvalue weighted by atomic mass is 16.5. The molecule has 2 aromatic heterocycles. The van der Waals surface area contributed by atoms with Gasteiger partial charge in [0.05, 0.1) is 12.1 Å². The van der Waals surface area contributed by atoms with Gasteiger partial charge in [0.25, 0.3) is 11.8 Å². The highest BCUT2D eigenvalue weighted by Crippen LogP contribution is 2.28. The topological polar surface area (TPSA) is 164 Å². The first-order chi connectivity index (χ1) is 17.9. The summed E-state index contributed by atoms with van der Waals surface area (Å²) in [4.78, 5) is 49.0. The van der Waals surface area contributed by atoms with Crippen LogP contribution in [0.5, 0.6) is 5.75 Å².